The van der Waals surface area contributed by atoms with Gasteiger partial charge in [0.1, 0.15) is 17.7 Å². The monoisotopic (exact) mass is 468 g/mol. The van der Waals surface area contributed by atoms with E-state index < -0.39 is 17.9 Å². The summed E-state index contributed by atoms with van der Waals surface area (Å²) in [6.07, 6.45) is 1.67. The molecule has 0 radical (unpaired) electrons. The van der Waals surface area contributed by atoms with E-state index in [1.165, 1.54) is 13.4 Å². The molecule has 1 heterocycles. The number of amides is 2. The Hall–Kier alpha value is -4.05. The van der Waals surface area contributed by atoms with Crippen molar-refractivity contribution in [3.8, 4) is 39.6 Å². The molecule has 34 heavy (non-hydrogen) atoms. The standard InChI is InChI=1S/C24H28N4O6/c1-13-9-15(11-20(32-3)23(13)33-4)22-16(12-34-28-22)14-5-7-19(31-2)18(10-14)27-24(30)17(25)6-8-21(26)29/h5,7,9-12,17H,6,8,25H2,1-4H3,(H2,26,29)(H,27,30). The maximum Gasteiger partial charge on any atom is 0.241 e. The van der Waals surface area contributed by atoms with E-state index in [4.69, 9.17) is 30.2 Å². The number of nitrogens with zero attached hydrogens (tertiary/aromatic N) is 1. The highest BCUT2D eigenvalue weighted by molar-refractivity contribution is 5.97. The molecule has 2 amide bonds. The molecule has 10 nitrogen and oxygen atoms in total. The van der Waals surface area contributed by atoms with E-state index in [1.807, 2.05) is 25.1 Å². The first-order chi connectivity index (χ1) is 16.3. The molecule has 0 bridgehead atoms. The van der Waals surface area contributed by atoms with E-state index in [9.17, 15) is 9.59 Å². The average molecular weight is 469 g/mol. The highest BCUT2D eigenvalue weighted by atomic mass is 16.5. The van der Waals surface area contributed by atoms with Crippen LogP contribution >= 0.6 is 0 Å². The Morgan fingerprint density at radius 3 is 2.44 bits per heavy atom. The number of aromatic nitrogens is 1. The lowest BCUT2D eigenvalue weighted by atomic mass is 9.99. The number of carbonyl (C=O) groups is 2. The van der Waals surface area contributed by atoms with Gasteiger partial charge >= 0.3 is 0 Å². The van der Waals surface area contributed by atoms with E-state index in [0.29, 0.717) is 34.2 Å². The summed E-state index contributed by atoms with van der Waals surface area (Å²) in [5, 5.41) is 6.94. The molecule has 1 atom stereocenters. The van der Waals surface area contributed by atoms with Crippen molar-refractivity contribution in [2.75, 3.05) is 26.6 Å². The number of benzene rings is 2. The van der Waals surface area contributed by atoms with Gasteiger partial charge in [-0.15, -0.1) is 0 Å². The van der Waals surface area contributed by atoms with E-state index in [2.05, 4.69) is 10.5 Å². The van der Waals surface area contributed by atoms with Gasteiger partial charge in [0.2, 0.25) is 11.8 Å². The summed E-state index contributed by atoms with van der Waals surface area (Å²) >= 11 is 0. The highest BCUT2D eigenvalue weighted by Crippen LogP contribution is 2.40. The number of nitrogens with two attached hydrogens (primary N) is 2. The van der Waals surface area contributed by atoms with Crippen LogP contribution in [-0.2, 0) is 9.59 Å². The fourth-order valence-corrected chi connectivity index (χ4v) is 3.57. The van der Waals surface area contributed by atoms with Gasteiger partial charge in [-0.3, -0.25) is 9.59 Å². The number of methoxy groups -OCH3 is 3. The Morgan fingerprint density at radius 2 is 1.79 bits per heavy atom. The van der Waals surface area contributed by atoms with Crippen LogP contribution < -0.4 is 31.0 Å². The van der Waals surface area contributed by atoms with Gasteiger partial charge in [0.15, 0.2) is 11.5 Å². The SMILES string of the molecule is COc1ccc(-c2conc2-c2cc(C)c(OC)c(OC)c2)cc1NC(=O)C(N)CCC(N)=O. The van der Waals surface area contributed by atoms with Crippen molar-refractivity contribution in [2.24, 2.45) is 11.5 Å². The molecule has 0 aliphatic carbocycles. The molecular weight excluding hydrogens is 440 g/mol. The number of carbonyl (C=O) groups excluding carboxylic acids is 2. The number of hydrogen-bond donors (Lipinski definition) is 3. The van der Waals surface area contributed by atoms with Crippen molar-refractivity contribution < 1.29 is 28.3 Å². The molecule has 1 unspecified atom stereocenters. The number of hydrogen-bond acceptors (Lipinski definition) is 8. The summed E-state index contributed by atoms with van der Waals surface area (Å²) in [6.45, 7) is 1.91. The minimum Gasteiger partial charge on any atom is -0.495 e. The molecule has 0 spiro atoms. The zero-order valence-corrected chi connectivity index (χ0v) is 19.5. The largest absolute Gasteiger partial charge is 0.495 e. The van der Waals surface area contributed by atoms with Gasteiger partial charge in [0.25, 0.3) is 0 Å². The number of primary amides is 1. The van der Waals surface area contributed by atoms with Gasteiger partial charge in [0.05, 0.1) is 33.1 Å². The van der Waals surface area contributed by atoms with Gasteiger partial charge in [0, 0.05) is 17.5 Å². The first-order valence-electron chi connectivity index (χ1n) is 10.5. The van der Waals surface area contributed by atoms with Crippen LogP contribution in [0.2, 0.25) is 0 Å². The molecule has 5 N–H and O–H groups in total. The van der Waals surface area contributed by atoms with Gasteiger partial charge < -0.3 is 35.5 Å². The fraction of sp³-hybridized carbons (Fsp3) is 0.292. The molecule has 0 fully saturated rings. The second-order valence-electron chi connectivity index (χ2n) is 7.62. The first-order valence-corrected chi connectivity index (χ1v) is 10.5. The number of rotatable bonds is 10. The highest BCUT2D eigenvalue weighted by Gasteiger charge is 2.20. The van der Waals surface area contributed by atoms with Crippen molar-refractivity contribution in [3.63, 3.8) is 0 Å². The lowest BCUT2D eigenvalue weighted by molar-refractivity contribution is -0.119. The second-order valence-corrected chi connectivity index (χ2v) is 7.62. The lowest BCUT2D eigenvalue weighted by Gasteiger charge is -2.15. The predicted octanol–water partition coefficient (Wildman–Crippen LogP) is 2.87. The topological polar surface area (TPSA) is 152 Å². The molecule has 10 heteroatoms. The lowest BCUT2D eigenvalue weighted by Crippen LogP contribution is -2.36. The smallest absolute Gasteiger partial charge is 0.241 e. The summed E-state index contributed by atoms with van der Waals surface area (Å²) in [5.74, 6) is 0.669. The normalized spacial score (nSPS) is 11.6. The van der Waals surface area contributed by atoms with E-state index in [1.54, 1.807) is 26.4 Å². The van der Waals surface area contributed by atoms with Crippen LogP contribution in [-0.4, -0.2) is 44.3 Å². The van der Waals surface area contributed by atoms with Crippen molar-refractivity contribution in [2.45, 2.75) is 25.8 Å². The van der Waals surface area contributed by atoms with Crippen LogP contribution in [0.1, 0.15) is 18.4 Å². The van der Waals surface area contributed by atoms with Crippen molar-refractivity contribution in [3.05, 3.63) is 42.2 Å². The molecule has 0 aliphatic rings. The van der Waals surface area contributed by atoms with Crippen molar-refractivity contribution >= 4 is 17.5 Å². The molecule has 1 aromatic heterocycles. The fourth-order valence-electron chi connectivity index (χ4n) is 3.57. The molecule has 180 valence electrons. The van der Waals surface area contributed by atoms with Crippen LogP contribution in [0, 0.1) is 6.92 Å². The Balaban J connectivity index is 1.96. The zero-order valence-electron chi connectivity index (χ0n) is 19.5. The quantitative estimate of drug-likeness (QED) is 0.411. The van der Waals surface area contributed by atoms with Crippen LogP contribution in [0.3, 0.4) is 0 Å². The minimum atomic E-state index is -0.901. The maximum absolute atomic E-state index is 12.5. The molecular formula is C24H28N4O6. The van der Waals surface area contributed by atoms with Gasteiger partial charge in [-0.1, -0.05) is 11.2 Å². The van der Waals surface area contributed by atoms with Gasteiger partial charge in [-0.25, -0.2) is 0 Å². The van der Waals surface area contributed by atoms with E-state index in [-0.39, 0.29) is 12.8 Å². The van der Waals surface area contributed by atoms with Crippen molar-refractivity contribution in [1.82, 2.24) is 5.16 Å². The summed E-state index contributed by atoms with van der Waals surface area (Å²) < 4.78 is 21.6. The third kappa shape index (κ3) is 5.29. The summed E-state index contributed by atoms with van der Waals surface area (Å²) in [4.78, 5) is 23.5. The maximum atomic E-state index is 12.5. The number of nitrogens with one attached hydrogen (secondary N) is 1. The molecule has 3 rings (SSSR count). The molecule has 0 saturated carbocycles. The Morgan fingerprint density at radius 1 is 1.06 bits per heavy atom. The second kappa shape index (κ2) is 10.7. The van der Waals surface area contributed by atoms with Crippen molar-refractivity contribution in [1.29, 1.82) is 0 Å². The molecule has 2 aromatic carbocycles. The summed E-state index contributed by atoms with van der Waals surface area (Å²) in [5.41, 5.74) is 15.1. The van der Waals surface area contributed by atoms with Crippen LogP contribution in [0.5, 0.6) is 17.2 Å². The third-order valence-electron chi connectivity index (χ3n) is 5.31. The zero-order chi connectivity index (χ0) is 24.8. The number of aryl methyl sites for hydroxylation is 1. The van der Waals surface area contributed by atoms with E-state index >= 15 is 0 Å². The van der Waals surface area contributed by atoms with Crippen LogP contribution in [0.25, 0.3) is 22.4 Å². The Labute approximate surface area is 197 Å². The third-order valence-corrected chi connectivity index (χ3v) is 5.31. The molecule has 0 aliphatic heterocycles. The summed E-state index contributed by atoms with van der Waals surface area (Å²) in [6, 6.07) is 8.12. The number of ether oxygens (including phenoxy) is 3. The summed E-state index contributed by atoms with van der Waals surface area (Å²) in [7, 11) is 4.64. The van der Waals surface area contributed by atoms with E-state index in [0.717, 1.165) is 16.7 Å². The van der Waals surface area contributed by atoms with Gasteiger partial charge in [-0.05, 0) is 48.7 Å². The average Bonchev–Trinajstić information content (AvgIpc) is 3.31. The minimum absolute atomic E-state index is 0.0144. The Bertz CT molecular complexity index is 1190. The predicted molar refractivity (Wildman–Crippen MR) is 127 cm³/mol. The van der Waals surface area contributed by atoms with Crippen LogP contribution in [0.15, 0.2) is 41.1 Å². The van der Waals surface area contributed by atoms with Gasteiger partial charge in [-0.2, -0.15) is 0 Å². The number of anilines is 1. The first kappa shape index (κ1) is 24.6. The molecule has 3 aromatic rings. The van der Waals surface area contributed by atoms with Crippen LogP contribution in [0.4, 0.5) is 5.69 Å². The Kier molecular flexibility index (Phi) is 7.75. The molecule has 0 saturated heterocycles.